The van der Waals surface area contributed by atoms with Gasteiger partial charge in [-0.2, -0.15) is 4.98 Å². The van der Waals surface area contributed by atoms with E-state index in [-0.39, 0.29) is 11.5 Å². The molecule has 0 radical (unpaired) electrons. The van der Waals surface area contributed by atoms with E-state index in [4.69, 9.17) is 10.5 Å². The minimum Gasteiger partial charge on any atom is -0.497 e. The lowest BCUT2D eigenvalue weighted by molar-refractivity contribution is 0.0698. The Kier molecular flexibility index (Phi) is 3.71. The van der Waals surface area contributed by atoms with Crippen LogP contribution in [0, 0.1) is 0 Å². The Labute approximate surface area is 131 Å². The number of anilines is 2. The topological polar surface area (TPSA) is 115 Å². The monoisotopic (exact) mass is 313 g/mol. The molecule has 3 rings (SSSR count). The predicted molar refractivity (Wildman–Crippen MR) is 84.7 cm³/mol. The molecular weight excluding hydrogens is 298 g/mol. The van der Waals surface area contributed by atoms with Gasteiger partial charge in [0.05, 0.1) is 24.6 Å². The molecule has 0 aliphatic heterocycles. The van der Waals surface area contributed by atoms with Crippen molar-refractivity contribution < 1.29 is 14.6 Å². The van der Waals surface area contributed by atoms with Crippen LogP contribution < -0.4 is 15.8 Å². The number of nitrogens with one attached hydrogen (secondary N) is 1. The molecule has 8 nitrogen and oxygen atoms in total. The van der Waals surface area contributed by atoms with Gasteiger partial charge in [-0.3, -0.25) is 0 Å². The number of rotatable bonds is 5. The van der Waals surface area contributed by atoms with Gasteiger partial charge in [-0.05, 0) is 23.8 Å². The second-order valence-corrected chi connectivity index (χ2v) is 4.88. The van der Waals surface area contributed by atoms with E-state index in [9.17, 15) is 9.90 Å². The first kappa shape index (κ1) is 14.6. The Morgan fingerprint density at radius 2 is 2.13 bits per heavy atom. The van der Waals surface area contributed by atoms with Crippen molar-refractivity contribution in [2.45, 2.75) is 6.54 Å². The molecule has 0 unspecified atom stereocenters. The van der Waals surface area contributed by atoms with Crippen LogP contribution in [0.3, 0.4) is 0 Å². The minimum atomic E-state index is -1.05. The molecule has 0 aliphatic rings. The lowest BCUT2D eigenvalue weighted by Crippen LogP contribution is -2.08. The lowest BCUT2D eigenvalue weighted by atomic mass is 10.2. The summed E-state index contributed by atoms with van der Waals surface area (Å²) in [5.41, 5.74) is 7.45. The fourth-order valence-corrected chi connectivity index (χ4v) is 2.20. The molecular formula is C15H15N5O3. The number of benzene rings is 1. The van der Waals surface area contributed by atoms with E-state index in [2.05, 4.69) is 15.4 Å². The number of hydrogen-bond acceptors (Lipinski definition) is 6. The summed E-state index contributed by atoms with van der Waals surface area (Å²) in [7, 11) is 1.60. The van der Waals surface area contributed by atoms with Crippen molar-refractivity contribution in [1.29, 1.82) is 0 Å². The third-order valence-electron chi connectivity index (χ3n) is 3.36. The van der Waals surface area contributed by atoms with E-state index in [0.29, 0.717) is 17.9 Å². The maximum atomic E-state index is 11.4. The first-order chi connectivity index (χ1) is 11.1. The van der Waals surface area contributed by atoms with Crippen LogP contribution in [0.15, 0.2) is 36.5 Å². The Balaban J connectivity index is 1.88. The fourth-order valence-electron chi connectivity index (χ4n) is 2.20. The van der Waals surface area contributed by atoms with E-state index < -0.39 is 5.97 Å². The summed E-state index contributed by atoms with van der Waals surface area (Å²) in [6, 6.07) is 8.92. The highest BCUT2D eigenvalue weighted by Crippen LogP contribution is 2.20. The summed E-state index contributed by atoms with van der Waals surface area (Å²) in [5, 5.41) is 16.4. The van der Waals surface area contributed by atoms with Crippen molar-refractivity contribution in [2.75, 3.05) is 18.2 Å². The SMILES string of the molecule is COc1ccc(CNc2cn3nc(N)nc3cc2C(=O)O)cc1. The van der Waals surface area contributed by atoms with Crippen molar-refractivity contribution in [3.05, 3.63) is 47.7 Å². The van der Waals surface area contributed by atoms with Gasteiger partial charge < -0.3 is 20.9 Å². The normalized spacial score (nSPS) is 10.7. The largest absolute Gasteiger partial charge is 0.497 e. The zero-order chi connectivity index (χ0) is 16.4. The third kappa shape index (κ3) is 3.00. The van der Waals surface area contributed by atoms with Crippen LogP contribution in [-0.2, 0) is 6.54 Å². The molecule has 0 bridgehead atoms. The van der Waals surface area contributed by atoms with Crippen molar-refractivity contribution in [3.8, 4) is 5.75 Å². The van der Waals surface area contributed by atoms with E-state index in [1.807, 2.05) is 24.3 Å². The summed E-state index contributed by atoms with van der Waals surface area (Å²) < 4.78 is 6.55. The molecule has 1 aromatic carbocycles. The number of aromatic carboxylic acids is 1. The number of aromatic nitrogens is 3. The van der Waals surface area contributed by atoms with Crippen LogP contribution in [0.4, 0.5) is 11.6 Å². The Morgan fingerprint density at radius 3 is 2.78 bits per heavy atom. The van der Waals surface area contributed by atoms with Crippen LogP contribution in [0.2, 0.25) is 0 Å². The highest BCUT2D eigenvalue weighted by atomic mass is 16.5. The highest BCUT2D eigenvalue weighted by molar-refractivity contribution is 5.95. The number of carboxylic acid groups (broad SMARTS) is 1. The van der Waals surface area contributed by atoms with Crippen LogP contribution >= 0.6 is 0 Å². The number of ether oxygens (including phenoxy) is 1. The van der Waals surface area contributed by atoms with Gasteiger partial charge >= 0.3 is 5.97 Å². The summed E-state index contributed by atoms with van der Waals surface area (Å²) in [6.45, 7) is 0.458. The second kappa shape index (κ2) is 5.84. The predicted octanol–water partition coefficient (Wildman–Crippen LogP) is 1.63. The number of methoxy groups -OCH3 is 1. The molecule has 0 saturated carbocycles. The number of fused-ring (bicyclic) bond motifs is 1. The molecule has 0 spiro atoms. The number of carbonyl (C=O) groups is 1. The van der Waals surface area contributed by atoms with Gasteiger partial charge in [-0.25, -0.2) is 9.31 Å². The van der Waals surface area contributed by atoms with Crippen LogP contribution in [0.5, 0.6) is 5.75 Å². The van der Waals surface area contributed by atoms with E-state index in [0.717, 1.165) is 11.3 Å². The van der Waals surface area contributed by atoms with E-state index >= 15 is 0 Å². The van der Waals surface area contributed by atoms with Crippen LogP contribution in [-0.4, -0.2) is 32.8 Å². The number of nitrogens with zero attached hydrogens (tertiary/aromatic N) is 3. The molecule has 3 aromatic rings. The Hall–Kier alpha value is -3.29. The first-order valence-corrected chi connectivity index (χ1v) is 6.83. The van der Waals surface area contributed by atoms with Crippen molar-refractivity contribution in [2.24, 2.45) is 0 Å². The molecule has 0 aliphatic carbocycles. The number of pyridine rings is 1. The van der Waals surface area contributed by atoms with E-state index in [1.54, 1.807) is 13.3 Å². The maximum Gasteiger partial charge on any atom is 0.337 e. The van der Waals surface area contributed by atoms with Gasteiger partial charge in [0.25, 0.3) is 0 Å². The zero-order valence-electron chi connectivity index (χ0n) is 12.4. The number of hydrogen-bond donors (Lipinski definition) is 3. The van der Waals surface area contributed by atoms with Crippen molar-refractivity contribution in [1.82, 2.24) is 14.6 Å². The molecule has 4 N–H and O–H groups in total. The lowest BCUT2D eigenvalue weighted by Gasteiger charge is -2.10. The average Bonchev–Trinajstić information content (AvgIpc) is 2.91. The van der Waals surface area contributed by atoms with Gasteiger partial charge in [-0.15, -0.1) is 5.10 Å². The van der Waals surface area contributed by atoms with Crippen LogP contribution in [0.1, 0.15) is 15.9 Å². The highest BCUT2D eigenvalue weighted by Gasteiger charge is 2.14. The summed E-state index contributed by atoms with van der Waals surface area (Å²) >= 11 is 0. The first-order valence-electron chi connectivity index (χ1n) is 6.83. The second-order valence-electron chi connectivity index (χ2n) is 4.88. The number of carboxylic acids is 1. The van der Waals surface area contributed by atoms with Gasteiger partial charge in [0.2, 0.25) is 5.95 Å². The molecule has 118 valence electrons. The molecule has 0 saturated heterocycles. The molecule has 23 heavy (non-hydrogen) atoms. The molecule has 2 aromatic heterocycles. The number of nitrogen functional groups attached to an aromatic ring is 1. The van der Waals surface area contributed by atoms with Gasteiger partial charge in [0, 0.05) is 6.54 Å². The smallest absolute Gasteiger partial charge is 0.337 e. The summed E-state index contributed by atoms with van der Waals surface area (Å²) in [5.74, 6) is -0.195. The molecule has 0 fully saturated rings. The third-order valence-corrected chi connectivity index (χ3v) is 3.36. The Morgan fingerprint density at radius 1 is 1.39 bits per heavy atom. The van der Waals surface area contributed by atoms with Gasteiger partial charge in [0.15, 0.2) is 5.65 Å². The molecule has 0 amide bonds. The molecule has 0 atom stereocenters. The zero-order valence-corrected chi connectivity index (χ0v) is 12.4. The fraction of sp³-hybridized carbons (Fsp3) is 0.133. The Bertz CT molecular complexity index is 857. The minimum absolute atomic E-state index is 0.0913. The van der Waals surface area contributed by atoms with Crippen LogP contribution in [0.25, 0.3) is 5.65 Å². The summed E-state index contributed by atoms with van der Waals surface area (Å²) in [4.78, 5) is 15.4. The van der Waals surface area contributed by atoms with Gasteiger partial charge in [0.1, 0.15) is 5.75 Å². The average molecular weight is 313 g/mol. The quantitative estimate of drug-likeness (QED) is 0.655. The van der Waals surface area contributed by atoms with Gasteiger partial charge in [-0.1, -0.05) is 12.1 Å². The maximum absolute atomic E-state index is 11.4. The van der Waals surface area contributed by atoms with Crippen molar-refractivity contribution >= 4 is 23.3 Å². The molecule has 2 heterocycles. The number of nitrogens with two attached hydrogens (primary N) is 1. The van der Waals surface area contributed by atoms with Crippen molar-refractivity contribution in [3.63, 3.8) is 0 Å². The summed E-state index contributed by atoms with van der Waals surface area (Å²) in [6.07, 6.45) is 1.56. The standard InChI is InChI=1S/C15H15N5O3/c1-23-10-4-2-9(3-5-10)7-17-12-8-20-13(18-15(16)19-20)6-11(12)14(21)22/h2-6,8,17H,7H2,1H3,(H2,16,19)(H,21,22). The van der Waals surface area contributed by atoms with E-state index in [1.165, 1.54) is 10.6 Å². The molecule has 8 heteroatoms.